The number of allylic oxidation sites excluding steroid dienone is 6. The maximum absolute atomic E-state index is 11.6. The fraction of sp³-hybridized carbons (Fsp3) is 0.200. The highest BCUT2D eigenvalue weighted by Gasteiger charge is 2.24. The Morgan fingerprint density at radius 3 is 3.27 bits per heavy atom. The van der Waals surface area contributed by atoms with Crippen LogP contribution in [0.15, 0.2) is 36.0 Å². The number of aromatic nitrogens is 4. The first-order valence-corrected chi connectivity index (χ1v) is 4.70. The molecule has 15 heavy (non-hydrogen) atoms. The molecule has 1 aliphatic heterocycles. The summed E-state index contributed by atoms with van der Waals surface area (Å²) >= 11 is 0. The number of rotatable bonds is 0. The van der Waals surface area contributed by atoms with E-state index in [0.717, 1.165) is 5.57 Å². The van der Waals surface area contributed by atoms with Crippen molar-refractivity contribution in [3.63, 3.8) is 0 Å². The van der Waals surface area contributed by atoms with E-state index in [1.807, 2.05) is 24.3 Å². The monoisotopic (exact) mass is 200 g/mol. The largest absolute Gasteiger partial charge is 0.294 e. The Hall–Kier alpha value is -2.04. The number of ketones is 1. The summed E-state index contributed by atoms with van der Waals surface area (Å²) in [5, 5.41) is 11.4. The second kappa shape index (κ2) is 2.98. The number of carbonyl (C=O) groups excluding carboxylic acids is 1. The highest BCUT2D eigenvalue weighted by Crippen LogP contribution is 2.26. The van der Waals surface area contributed by atoms with Crippen LogP contribution in [0.3, 0.4) is 0 Å². The van der Waals surface area contributed by atoms with Crippen LogP contribution >= 0.6 is 0 Å². The molecule has 1 aromatic rings. The molecule has 0 fully saturated rings. The van der Waals surface area contributed by atoms with E-state index in [9.17, 15) is 4.79 Å². The first-order valence-electron chi connectivity index (χ1n) is 4.70. The maximum Gasteiger partial charge on any atom is 0.163 e. The van der Waals surface area contributed by atoms with Gasteiger partial charge in [0, 0.05) is 0 Å². The van der Waals surface area contributed by atoms with Crippen molar-refractivity contribution in [3.05, 3.63) is 41.8 Å². The Balaban J connectivity index is 2.19. The summed E-state index contributed by atoms with van der Waals surface area (Å²) < 4.78 is 1.69. The Bertz CT molecular complexity index is 509. The second-order valence-electron chi connectivity index (χ2n) is 3.52. The van der Waals surface area contributed by atoms with Crippen LogP contribution in [-0.4, -0.2) is 26.0 Å². The quantitative estimate of drug-likeness (QED) is 0.608. The van der Waals surface area contributed by atoms with Gasteiger partial charge in [-0.05, 0) is 22.1 Å². The average molecular weight is 200 g/mol. The third-order valence-corrected chi connectivity index (χ3v) is 2.52. The Morgan fingerprint density at radius 1 is 1.40 bits per heavy atom. The molecule has 1 atom stereocenters. The van der Waals surface area contributed by atoms with Gasteiger partial charge in [-0.2, -0.15) is 0 Å². The maximum atomic E-state index is 11.6. The molecule has 5 nitrogen and oxygen atoms in total. The minimum Gasteiger partial charge on any atom is -0.294 e. The van der Waals surface area contributed by atoms with E-state index >= 15 is 0 Å². The van der Waals surface area contributed by atoms with Crippen molar-refractivity contribution >= 4 is 5.78 Å². The molecule has 0 amide bonds. The van der Waals surface area contributed by atoms with Gasteiger partial charge in [0.15, 0.2) is 11.6 Å². The standard InChI is InChI=1S/C10H8N4O/c15-8-5-7-3-1-2-4-9(7)14-10(6-8)11-12-13-14/h1-5,9H,6H2. The number of hydrogen-bond acceptors (Lipinski definition) is 4. The lowest BCUT2D eigenvalue weighted by Gasteiger charge is -2.15. The average Bonchev–Trinajstić information content (AvgIpc) is 2.62. The van der Waals surface area contributed by atoms with Gasteiger partial charge in [0.1, 0.15) is 0 Å². The van der Waals surface area contributed by atoms with Crippen molar-refractivity contribution in [2.75, 3.05) is 0 Å². The molecule has 1 aliphatic carbocycles. The van der Waals surface area contributed by atoms with Crippen LogP contribution in [0.25, 0.3) is 0 Å². The summed E-state index contributed by atoms with van der Waals surface area (Å²) in [6.45, 7) is 0. The lowest BCUT2D eigenvalue weighted by atomic mass is 10.0. The molecule has 0 spiro atoms. The van der Waals surface area contributed by atoms with E-state index in [1.54, 1.807) is 10.8 Å². The van der Waals surface area contributed by atoms with Crippen molar-refractivity contribution in [3.8, 4) is 0 Å². The van der Waals surface area contributed by atoms with Crippen LogP contribution in [0, 0.1) is 0 Å². The lowest BCUT2D eigenvalue weighted by Crippen LogP contribution is -2.13. The van der Waals surface area contributed by atoms with E-state index in [1.165, 1.54) is 0 Å². The number of tetrazole rings is 1. The Kier molecular flexibility index (Phi) is 1.65. The van der Waals surface area contributed by atoms with Gasteiger partial charge in [0.2, 0.25) is 0 Å². The van der Waals surface area contributed by atoms with E-state index in [4.69, 9.17) is 0 Å². The minimum absolute atomic E-state index is 0.0357. The van der Waals surface area contributed by atoms with Gasteiger partial charge < -0.3 is 0 Å². The molecule has 0 aromatic carbocycles. The van der Waals surface area contributed by atoms with Gasteiger partial charge in [0.25, 0.3) is 0 Å². The van der Waals surface area contributed by atoms with E-state index < -0.39 is 0 Å². The molecule has 2 heterocycles. The van der Waals surface area contributed by atoms with Crippen molar-refractivity contribution in [2.45, 2.75) is 12.5 Å². The molecule has 0 saturated carbocycles. The van der Waals surface area contributed by atoms with Gasteiger partial charge in [-0.3, -0.25) is 4.79 Å². The first kappa shape index (κ1) is 8.28. The van der Waals surface area contributed by atoms with Gasteiger partial charge in [-0.25, -0.2) is 4.68 Å². The normalized spacial score (nSPS) is 23.1. The predicted octanol–water partition coefficient (Wildman–Crippen LogP) is 0.392. The summed E-state index contributed by atoms with van der Waals surface area (Å²) in [5.74, 6) is 0.666. The molecular formula is C10H8N4O. The molecule has 0 radical (unpaired) electrons. The van der Waals surface area contributed by atoms with Crippen LogP contribution < -0.4 is 0 Å². The van der Waals surface area contributed by atoms with Gasteiger partial charge in [-0.1, -0.05) is 24.3 Å². The summed E-state index contributed by atoms with van der Waals surface area (Å²) in [4.78, 5) is 11.6. The second-order valence-corrected chi connectivity index (χ2v) is 3.52. The third kappa shape index (κ3) is 1.24. The van der Waals surface area contributed by atoms with Gasteiger partial charge >= 0.3 is 0 Å². The summed E-state index contributed by atoms with van der Waals surface area (Å²) in [7, 11) is 0. The molecule has 3 rings (SSSR count). The molecule has 1 unspecified atom stereocenters. The lowest BCUT2D eigenvalue weighted by molar-refractivity contribution is -0.114. The van der Waals surface area contributed by atoms with Crippen LogP contribution in [0.5, 0.6) is 0 Å². The topological polar surface area (TPSA) is 60.7 Å². The van der Waals surface area contributed by atoms with Gasteiger partial charge in [0.05, 0.1) is 12.5 Å². The number of hydrogen-bond donors (Lipinski definition) is 0. The smallest absolute Gasteiger partial charge is 0.163 e. The van der Waals surface area contributed by atoms with Crippen molar-refractivity contribution in [1.29, 1.82) is 0 Å². The molecule has 5 heteroatoms. The molecule has 1 aromatic heterocycles. The highest BCUT2D eigenvalue weighted by atomic mass is 16.1. The van der Waals surface area contributed by atoms with Crippen molar-refractivity contribution < 1.29 is 4.79 Å². The zero-order valence-electron chi connectivity index (χ0n) is 7.87. The highest BCUT2D eigenvalue weighted by molar-refractivity contribution is 5.92. The summed E-state index contributed by atoms with van der Waals surface area (Å²) in [6.07, 6.45) is 9.66. The summed E-state index contributed by atoms with van der Waals surface area (Å²) in [5.41, 5.74) is 0.938. The van der Waals surface area contributed by atoms with Crippen LogP contribution in [0.1, 0.15) is 11.9 Å². The zero-order chi connectivity index (χ0) is 10.3. The molecule has 0 bridgehead atoms. The fourth-order valence-electron chi connectivity index (χ4n) is 1.84. The number of carbonyl (C=O) groups is 1. The van der Waals surface area contributed by atoms with Crippen LogP contribution in [0.2, 0.25) is 0 Å². The molecule has 0 saturated heterocycles. The fourth-order valence-corrected chi connectivity index (χ4v) is 1.84. The minimum atomic E-state index is -0.0357. The van der Waals surface area contributed by atoms with Crippen LogP contribution in [0.4, 0.5) is 0 Å². The van der Waals surface area contributed by atoms with E-state index in [2.05, 4.69) is 15.5 Å². The number of nitrogens with zero attached hydrogens (tertiary/aromatic N) is 4. The van der Waals surface area contributed by atoms with Gasteiger partial charge in [-0.15, -0.1) is 5.10 Å². The molecule has 74 valence electrons. The van der Waals surface area contributed by atoms with Crippen molar-refractivity contribution in [1.82, 2.24) is 20.2 Å². The van der Waals surface area contributed by atoms with E-state index in [0.29, 0.717) is 5.82 Å². The zero-order valence-corrected chi connectivity index (χ0v) is 7.87. The Labute approximate surface area is 85.8 Å². The van der Waals surface area contributed by atoms with Crippen LogP contribution in [-0.2, 0) is 11.2 Å². The number of fused-ring (bicyclic) bond motifs is 3. The Morgan fingerprint density at radius 2 is 2.33 bits per heavy atom. The molecule has 2 aliphatic rings. The van der Waals surface area contributed by atoms with E-state index in [-0.39, 0.29) is 18.2 Å². The van der Waals surface area contributed by atoms with Crippen molar-refractivity contribution in [2.24, 2.45) is 0 Å². The first-order chi connectivity index (χ1) is 7.34. The SMILES string of the molecule is O=C1C=C2C=CC=CC2n2nnnc2C1. The predicted molar refractivity (Wildman–Crippen MR) is 51.9 cm³/mol. The molecule has 0 N–H and O–H groups in total. The summed E-state index contributed by atoms with van der Waals surface area (Å²) in [6, 6.07) is -0.0357. The molecular weight excluding hydrogens is 192 g/mol. The third-order valence-electron chi connectivity index (χ3n) is 2.52.